The monoisotopic (exact) mass is 236 g/mol. The Labute approximate surface area is 94.0 Å². The first-order valence-electron chi connectivity index (χ1n) is 5.41. The molecule has 0 radical (unpaired) electrons. The number of hydrogen-bond donors (Lipinski definition) is 1. The van der Waals surface area contributed by atoms with Gasteiger partial charge in [0.25, 0.3) is 0 Å². The molecule has 0 fully saturated rings. The lowest BCUT2D eigenvalue weighted by atomic mass is 10.1. The van der Waals surface area contributed by atoms with Crippen LogP contribution in [0.5, 0.6) is 0 Å². The van der Waals surface area contributed by atoms with E-state index in [4.69, 9.17) is 0 Å². The summed E-state index contributed by atoms with van der Waals surface area (Å²) >= 11 is 0. The minimum atomic E-state index is -2.80. The summed E-state index contributed by atoms with van der Waals surface area (Å²) in [5, 5.41) is 3.36. The van der Waals surface area contributed by atoms with Crippen LogP contribution in [-0.4, -0.2) is 58.6 Å². The first-order chi connectivity index (χ1) is 6.85. The number of hydrogen-bond acceptors (Lipinski definition) is 4. The molecule has 5 heteroatoms. The molecule has 0 amide bonds. The molecule has 0 aromatic heterocycles. The van der Waals surface area contributed by atoms with Gasteiger partial charge in [-0.05, 0) is 33.5 Å². The molecule has 4 nitrogen and oxygen atoms in total. The molecular formula is C10H24N2O2S. The van der Waals surface area contributed by atoms with E-state index < -0.39 is 9.84 Å². The van der Waals surface area contributed by atoms with E-state index in [2.05, 4.69) is 17.1 Å². The van der Waals surface area contributed by atoms with E-state index >= 15 is 0 Å². The van der Waals surface area contributed by atoms with Gasteiger partial charge in [0, 0.05) is 24.6 Å². The van der Waals surface area contributed by atoms with E-state index in [1.165, 1.54) is 6.26 Å². The maximum absolute atomic E-state index is 11.0. The highest BCUT2D eigenvalue weighted by Gasteiger charge is 2.10. The second-order valence-corrected chi connectivity index (χ2v) is 6.55. The number of nitrogens with zero attached hydrogens (tertiary/aromatic N) is 1. The third-order valence-electron chi connectivity index (χ3n) is 2.15. The topological polar surface area (TPSA) is 49.4 Å². The first kappa shape index (κ1) is 14.9. The van der Waals surface area contributed by atoms with Gasteiger partial charge < -0.3 is 10.2 Å². The highest BCUT2D eigenvalue weighted by Crippen LogP contribution is 2.01. The average molecular weight is 236 g/mol. The van der Waals surface area contributed by atoms with E-state index in [9.17, 15) is 8.42 Å². The molecular weight excluding hydrogens is 212 g/mol. The summed E-state index contributed by atoms with van der Waals surface area (Å²) < 4.78 is 21.9. The van der Waals surface area contributed by atoms with Gasteiger partial charge in [-0.1, -0.05) is 6.92 Å². The predicted octanol–water partition coefficient (Wildman–Crippen LogP) is 0.351. The Bertz CT molecular complexity index is 250. The molecule has 0 aromatic carbocycles. The van der Waals surface area contributed by atoms with Crippen LogP contribution in [-0.2, 0) is 9.84 Å². The van der Waals surface area contributed by atoms with Crippen molar-refractivity contribution in [1.82, 2.24) is 10.2 Å². The van der Waals surface area contributed by atoms with Gasteiger partial charge in [0.2, 0.25) is 0 Å². The molecule has 1 N–H and O–H groups in total. The molecule has 0 heterocycles. The molecule has 0 aliphatic rings. The average Bonchev–Trinajstić information content (AvgIpc) is 2.00. The normalized spacial score (nSPS) is 14.5. The highest BCUT2D eigenvalue weighted by molar-refractivity contribution is 7.90. The van der Waals surface area contributed by atoms with Crippen LogP contribution in [0.3, 0.4) is 0 Å². The summed E-state index contributed by atoms with van der Waals surface area (Å²) in [7, 11) is 1.25. The van der Waals surface area contributed by atoms with Gasteiger partial charge in [-0.15, -0.1) is 0 Å². The van der Waals surface area contributed by atoms with Crippen LogP contribution in [0.2, 0.25) is 0 Å². The second-order valence-electron chi connectivity index (χ2n) is 4.29. The quantitative estimate of drug-likeness (QED) is 0.661. The van der Waals surface area contributed by atoms with Gasteiger partial charge in [0.05, 0.1) is 0 Å². The zero-order valence-corrected chi connectivity index (χ0v) is 11.1. The van der Waals surface area contributed by atoms with E-state index in [-0.39, 0.29) is 0 Å². The summed E-state index contributed by atoms with van der Waals surface area (Å²) in [6.45, 7) is 3.95. The van der Waals surface area contributed by atoms with E-state index in [0.717, 1.165) is 25.9 Å². The fourth-order valence-corrected chi connectivity index (χ4v) is 2.27. The molecule has 0 saturated heterocycles. The Morgan fingerprint density at radius 2 is 1.93 bits per heavy atom. The Hall–Kier alpha value is -0.130. The zero-order chi connectivity index (χ0) is 11.9. The summed E-state index contributed by atoms with van der Waals surface area (Å²) in [5.74, 6) is 0.294. The van der Waals surface area contributed by atoms with Crippen LogP contribution in [0.25, 0.3) is 0 Å². The lowest BCUT2D eigenvalue weighted by Crippen LogP contribution is -2.38. The SMILES string of the molecule is CCNC(CCCS(C)(=O)=O)CN(C)C. The molecule has 0 rings (SSSR count). The molecule has 0 aliphatic carbocycles. The summed E-state index contributed by atoms with van der Waals surface area (Å²) in [5.41, 5.74) is 0. The van der Waals surface area contributed by atoms with Gasteiger partial charge in [-0.2, -0.15) is 0 Å². The van der Waals surface area contributed by atoms with Crippen molar-refractivity contribution in [2.75, 3.05) is 39.2 Å². The van der Waals surface area contributed by atoms with Gasteiger partial charge in [0.15, 0.2) is 0 Å². The van der Waals surface area contributed by atoms with Crippen LogP contribution in [0.15, 0.2) is 0 Å². The van der Waals surface area contributed by atoms with Gasteiger partial charge in [-0.3, -0.25) is 0 Å². The maximum atomic E-state index is 11.0. The standard InChI is InChI=1S/C10H24N2O2S/c1-5-11-10(9-12(2)3)7-6-8-15(4,13)14/h10-11H,5-9H2,1-4H3. The van der Waals surface area contributed by atoms with Crippen LogP contribution < -0.4 is 5.32 Å². The van der Waals surface area contributed by atoms with Gasteiger partial charge in [-0.25, -0.2) is 8.42 Å². The summed E-state index contributed by atoms with van der Waals surface area (Å²) in [6, 6.07) is 0.395. The summed E-state index contributed by atoms with van der Waals surface area (Å²) in [6.07, 6.45) is 2.95. The third kappa shape index (κ3) is 10.2. The minimum absolute atomic E-state index is 0.294. The molecule has 0 aliphatic heterocycles. The van der Waals surface area contributed by atoms with Crippen molar-refractivity contribution in [3.63, 3.8) is 0 Å². The van der Waals surface area contributed by atoms with Crippen molar-refractivity contribution in [1.29, 1.82) is 0 Å². The van der Waals surface area contributed by atoms with Crippen molar-refractivity contribution >= 4 is 9.84 Å². The van der Waals surface area contributed by atoms with Crippen molar-refractivity contribution in [3.05, 3.63) is 0 Å². The Morgan fingerprint density at radius 3 is 2.33 bits per heavy atom. The lowest BCUT2D eigenvalue weighted by molar-refractivity contribution is 0.328. The molecule has 15 heavy (non-hydrogen) atoms. The molecule has 0 saturated carbocycles. The number of likely N-dealkylation sites (N-methyl/N-ethyl adjacent to an activating group) is 2. The second kappa shape index (κ2) is 7.19. The third-order valence-corrected chi connectivity index (χ3v) is 3.18. The van der Waals surface area contributed by atoms with Gasteiger partial charge >= 0.3 is 0 Å². The minimum Gasteiger partial charge on any atom is -0.313 e. The van der Waals surface area contributed by atoms with Crippen molar-refractivity contribution in [2.24, 2.45) is 0 Å². The van der Waals surface area contributed by atoms with Crippen LogP contribution >= 0.6 is 0 Å². The fourth-order valence-electron chi connectivity index (χ4n) is 1.58. The lowest BCUT2D eigenvalue weighted by Gasteiger charge is -2.21. The van der Waals surface area contributed by atoms with Crippen molar-refractivity contribution in [3.8, 4) is 0 Å². The smallest absolute Gasteiger partial charge is 0.147 e. The van der Waals surface area contributed by atoms with E-state index in [1.54, 1.807) is 0 Å². The Morgan fingerprint density at radius 1 is 1.33 bits per heavy atom. The van der Waals surface area contributed by atoms with Crippen molar-refractivity contribution < 1.29 is 8.42 Å². The number of sulfone groups is 1. The fraction of sp³-hybridized carbons (Fsp3) is 1.00. The molecule has 1 atom stereocenters. The van der Waals surface area contributed by atoms with Crippen LogP contribution in [0.1, 0.15) is 19.8 Å². The molecule has 0 spiro atoms. The van der Waals surface area contributed by atoms with Crippen LogP contribution in [0, 0.1) is 0 Å². The predicted molar refractivity (Wildman–Crippen MR) is 65.0 cm³/mol. The van der Waals surface area contributed by atoms with Crippen molar-refractivity contribution in [2.45, 2.75) is 25.8 Å². The Kier molecular flexibility index (Phi) is 7.13. The summed E-state index contributed by atoms with van der Waals surface area (Å²) in [4.78, 5) is 2.12. The molecule has 0 bridgehead atoms. The number of rotatable bonds is 8. The molecule has 0 aromatic rings. The first-order valence-corrected chi connectivity index (χ1v) is 7.47. The maximum Gasteiger partial charge on any atom is 0.147 e. The largest absolute Gasteiger partial charge is 0.313 e. The zero-order valence-electron chi connectivity index (χ0n) is 10.3. The highest BCUT2D eigenvalue weighted by atomic mass is 32.2. The van der Waals surface area contributed by atoms with Gasteiger partial charge in [0.1, 0.15) is 9.84 Å². The molecule has 92 valence electrons. The Balaban J connectivity index is 3.85. The van der Waals surface area contributed by atoms with E-state index in [0.29, 0.717) is 11.8 Å². The van der Waals surface area contributed by atoms with E-state index in [1.807, 2.05) is 14.1 Å². The number of nitrogens with one attached hydrogen (secondary N) is 1. The van der Waals surface area contributed by atoms with Crippen LogP contribution in [0.4, 0.5) is 0 Å². The molecule has 1 unspecified atom stereocenters.